The number of aromatic nitrogens is 2. The van der Waals surface area contributed by atoms with Crippen LogP contribution < -0.4 is 4.72 Å². The number of para-hydroxylation sites is 1. The van der Waals surface area contributed by atoms with Gasteiger partial charge < -0.3 is 0 Å². The lowest BCUT2D eigenvalue weighted by atomic mass is 10.3. The molecule has 0 unspecified atom stereocenters. The highest BCUT2D eigenvalue weighted by Crippen LogP contribution is 2.32. The summed E-state index contributed by atoms with van der Waals surface area (Å²) in [5.74, 6) is -4.80. The Labute approximate surface area is 168 Å². The molecule has 1 N–H and O–H groups in total. The molecular formula is C19H12F3N3O2S2. The number of hydrogen-bond donors (Lipinski definition) is 1. The monoisotopic (exact) mass is 435 g/mol. The molecule has 4 rings (SSSR count). The molecule has 2 aromatic heterocycles. The van der Waals surface area contributed by atoms with Crippen LogP contribution in [0.5, 0.6) is 0 Å². The predicted molar refractivity (Wildman–Crippen MR) is 104 cm³/mol. The Bertz CT molecular complexity index is 1270. The third-order valence-electron chi connectivity index (χ3n) is 4.02. The Morgan fingerprint density at radius 1 is 0.931 bits per heavy atom. The molecule has 0 saturated heterocycles. The van der Waals surface area contributed by atoms with Crippen molar-refractivity contribution in [1.82, 2.24) is 9.78 Å². The summed E-state index contributed by atoms with van der Waals surface area (Å²) in [6.07, 6.45) is 1.28. The molecule has 0 aliphatic carbocycles. The van der Waals surface area contributed by atoms with E-state index in [0.717, 1.165) is 6.07 Å². The normalized spacial score (nSPS) is 11.6. The smallest absolute Gasteiger partial charge is 0.265 e. The number of sulfonamides is 1. The lowest BCUT2D eigenvalue weighted by Gasteiger charge is -2.09. The van der Waals surface area contributed by atoms with Gasteiger partial charge in [-0.15, -0.1) is 11.3 Å². The van der Waals surface area contributed by atoms with Gasteiger partial charge in [0.25, 0.3) is 10.0 Å². The molecule has 148 valence electrons. The molecule has 0 bridgehead atoms. The Kier molecular flexibility index (Phi) is 4.89. The minimum absolute atomic E-state index is 0.152. The Morgan fingerprint density at radius 3 is 2.38 bits per heavy atom. The molecule has 10 heteroatoms. The number of halogens is 3. The molecular weight excluding hydrogens is 423 g/mol. The van der Waals surface area contributed by atoms with Gasteiger partial charge in [0.2, 0.25) is 0 Å². The maximum absolute atomic E-state index is 14.0. The zero-order valence-electron chi connectivity index (χ0n) is 14.5. The minimum atomic E-state index is -4.37. The summed E-state index contributed by atoms with van der Waals surface area (Å²) < 4.78 is 69.9. The largest absolute Gasteiger partial charge is 0.276 e. The lowest BCUT2D eigenvalue weighted by molar-refractivity contribution is 0.449. The van der Waals surface area contributed by atoms with E-state index in [1.54, 1.807) is 47.8 Å². The van der Waals surface area contributed by atoms with Gasteiger partial charge in [0.05, 0.1) is 22.4 Å². The number of anilines is 1. The van der Waals surface area contributed by atoms with Gasteiger partial charge in [-0.05, 0) is 35.7 Å². The molecule has 2 aromatic carbocycles. The first-order valence-corrected chi connectivity index (χ1v) is 10.6. The van der Waals surface area contributed by atoms with Gasteiger partial charge in [-0.25, -0.2) is 26.3 Å². The molecule has 2 heterocycles. The summed E-state index contributed by atoms with van der Waals surface area (Å²) >= 11 is 1.28. The molecule has 0 fully saturated rings. The molecule has 0 amide bonds. The fourth-order valence-corrected chi connectivity index (χ4v) is 4.65. The number of thiophene rings is 1. The maximum atomic E-state index is 14.0. The van der Waals surface area contributed by atoms with Crippen LogP contribution in [0.25, 0.3) is 16.3 Å². The number of nitrogens with zero attached hydrogens (tertiary/aromatic N) is 2. The SMILES string of the molecule is O=S(=O)(Nc1ccc(F)c(F)c1F)c1cn(-c2ccccc2)nc1-c1cccs1. The van der Waals surface area contributed by atoms with Gasteiger partial charge in [-0.1, -0.05) is 24.3 Å². The van der Waals surface area contributed by atoms with Crippen LogP contribution in [0.4, 0.5) is 18.9 Å². The van der Waals surface area contributed by atoms with Crippen molar-refractivity contribution in [3.05, 3.63) is 83.6 Å². The molecule has 0 aliphatic rings. The Hall–Kier alpha value is -3.11. The summed E-state index contributed by atoms with van der Waals surface area (Å²) in [7, 11) is -4.37. The third-order valence-corrected chi connectivity index (χ3v) is 6.27. The van der Waals surface area contributed by atoms with Gasteiger partial charge in [0, 0.05) is 0 Å². The van der Waals surface area contributed by atoms with E-state index in [2.05, 4.69) is 5.10 Å². The van der Waals surface area contributed by atoms with Crippen molar-refractivity contribution >= 4 is 27.0 Å². The van der Waals surface area contributed by atoms with Crippen molar-refractivity contribution in [3.63, 3.8) is 0 Å². The van der Waals surface area contributed by atoms with Crippen molar-refractivity contribution in [2.45, 2.75) is 4.90 Å². The molecule has 4 aromatic rings. The van der Waals surface area contributed by atoms with E-state index in [9.17, 15) is 21.6 Å². The second-order valence-corrected chi connectivity index (χ2v) is 8.53. The first kappa shape index (κ1) is 19.2. The highest BCUT2D eigenvalue weighted by atomic mass is 32.2. The topological polar surface area (TPSA) is 64.0 Å². The van der Waals surface area contributed by atoms with Gasteiger partial charge >= 0.3 is 0 Å². The average Bonchev–Trinajstić information content (AvgIpc) is 3.39. The second-order valence-electron chi connectivity index (χ2n) is 5.93. The van der Waals surface area contributed by atoms with E-state index in [4.69, 9.17) is 0 Å². The molecule has 5 nitrogen and oxygen atoms in total. The molecule has 0 atom stereocenters. The van der Waals surface area contributed by atoms with Crippen LogP contribution in [0.2, 0.25) is 0 Å². The maximum Gasteiger partial charge on any atom is 0.265 e. The van der Waals surface area contributed by atoms with Crippen molar-refractivity contribution < 1.29 is 21.6 Å². The van der Waals surface area contributed by atoms with Crippen molar-refractivity contribution in [2.75, 3.05) is 4.72 Å². The number of benzene rings is 2. The van der Waals surface area contributed by atoms with Crippen LogP contribution in [-0.2, 0) is 10.0 Å². The van der Waals surface area contributed by atoms with Crippen LogP contribution in [0.1, 0.15) is 0 Å². The molecule has 0 saturated carbocycles. The van der Waals surface area contributed by atoms with Crippen LogP contribution >= 0.6 is 11.3 Å². The van der Waals surface area contributed by atoms with E-state index < -0.39 is 33.2 Å². The number of hydrogen-bond acceptors (Lipinski definition) is 4. The highest BCUT2D eigenvalue weighted by molar-refractivity contribution is 7.92. The number of rotatable bonds is 5. The molecule has 0 radical (unpaired) electrons. The van der Waals surface area contributed by atoms with E-state index >= 15 is 0 Å². The van der Waals surface area contributed by atoms with Crippen LogP contribution in [-0.4, -0.2) is 18.2 Å². The van der Waals surface area contributed by atoms with Gasteiger partial charge in [-0.3, -0.25) is 4.72 Å². The number of nitrogens with one attached hydrogen (secondary N) is 1. The van der Waals surface area contributed by atoms with Crippen LogP contribution in [0.15, 0.2) is 71.1 Å². The lowest BCUT2D eigenvalue weighted by Crippen LogP contribution is -2.15. The predicted octanol–water partition coefficient (Wildman–Crippen LogP) is 4.82. The first-order valence-electron chi connectivity index (χ1n) is 8.22. The summed E-state index contributed by atoms with van der Waals surface area (Å²) in [4.78, 5) is 0.346. The first-order chi connectivity index (χ1) is 13.9. The summed E-state index contributed by atoms with van der Waals surface area (Å²) in [6, 6.07) is 13.7. The van der Waals surface area contributed by atoms with Gasteiger partial charge in [0.15, 0.2) is 17.5 Å². The fraction of sp³-hybridized carbons (Fsp3) is 0. The summed E-state index contributed by atoms with van der Waals surface area (Å²) in [5.41, 5.74) is 0.0681. The average molecular weight is 435 g/mol. The fourth-order valence-electron chi connectivity index (χ4n) is 2.66. The van der Waals surface area contributed by atoms with E-state index in [-0.39, 0.29) is 10.6 Å². The van der Waals surface area contributed by atoms with Crippen molar-refractivity contribution in [2.24, 2.45) is 0 Å². The van der Waals surface area contributed by atoms with Crippen LogP contribution in [0, 0.1) is 17.5 Å². The Balaban J connectivity index is 1.83. The van der Waals surface area contributed by atoms with Crippen molar-refractivity contribution in [3.8, 4) is 16.3 Å². The second kappa shape index (κ2) is 7.37. The molecule has 29 heavy (non-hydrogen) atoms. The van der Waals surface area contributed by atoms with Gasteiger partial charge in [-0.2, -0.15) is 5.10 Å². The van der Waals surface area contributed by atoms with Gasteiger partial charge in [0.1, 0.15) is 10.6 Å². The highest BCUT2D eigenvalue weighted by Gasteiger charge is 2.27. The third kappa shape index (κ3) is 3.64. The van der Waals surface area contributed by atoms with E-state index in [1.165, 1.54) is 22.2 Å². The zero-order chi connectivity index (χ0) is 20.6. The molecule has 0 spiro atoms. The van der Waals surface area contributed by atoms with E-state index in [1.807, 2.05) is 4.72 Å². The zero-order valence-corrected chi connectivity index (χ0v) is 16.1. The molecule has 0 aliphatic heterocycles. The minimum Gasteiger partial charge on any atom is -0.276 e. The quantitative estimate of drug-likeness (QED) is 0.457. The summed E-state index contributed by atoms with van der Waals surface area (Å²) in [6.45, 7) is 0. The Morgan fingerprint density at radius 2 is 1.69 bits per heavy atom. The standard InChI is InChI=1S/C19H12F3N3O2S2/c20-13-8-9-14(18(22)17(13)21)24-29(26,27)16-11-25(12-5-2-1-3-6-12)23-19(16)15-7-4-10-28-15/h1-11,24H. The van der Waals surface area contributed by atoms with Crippen LogP contribution in [0.3, 0.4) is 0 Å². The van der Waals surface area contributed by atoms with E-state index in [0.29, 0.717) is 16.6 Å². The summed E-state index contributed by atoms with van der Waals surface area (Å²) in [5, 5.41) is 6.12. The van der Waals surface area contributed by atoms with Crippen molar-refractivity contribution in [1.29, 1.82) is 0 Å².